The average Bonchev–Trinajstić information content (AvgIpc) is 2.41. The predicted molar refractivity (Wildman–Crippen MR) is 68.6 cm³/mol. The lowest BCUT2D eigenvalue weighted by Gasteiger charge is -2.31. The van der Waals surface area contributed by atoms with E-state index in [2.05, 4.69) is 0 Å². The maximum atomic E-state index is 13.5. The number of halogens is 1. The number of nitrogens with zero attached hydrogens (tertiary/aromatic N) is 1. The van der Waals surface area contributed by atoms with Gasteiger partial charge in [0.25, 0.3) is 0 Å². The first-order valence-corrected chi connectivity index (χ1v) is 6.38. The molecule has 2 amide bonds. The van der Waals surface area contributed by atoms with Crippen LogP contribution in [0, 0.1) is 11.7 Å². The molecule has 4 nitrogen and oxygen atoms in total. The van der Waals surface area contributed by atoms with E-state index in [9.17, 15) is 14.0 Å². The zero-order valence-electron chi connectivity index (χ0n) is 10.6. The largest absolute Gasteiger partial charge is 0.369 e. The fraction of sp³-hybridized carbons (Fsp3) is 0.429. The van der Waals surface area contributed by atoms with Crippen LogP contribution in [0.4, 0.5) is 4.39 Å². The first kappa shape index (κ1) is 13.5. The zero-order valence-corrected chi connectivity index (χ0v) is 10.6. The van der Waals surface area contributed by atoms with Crippen molar-refractivity contribution in [1.82, 2.24) is 4.90 Å². The van der Waals surface area contributed by atoms with Gasteiger partial charge in [-0.1, -0.05) is 18.2 Å². The number of nitrogens with two attached hydrogens (primary N) is 1. The van der Waals surface area contributed by atoms with Gasteiger partial charge in [-0.3, -0.25) is 9.59 Å². The minimum Gasteiger partial charge on any atom is -0.369 e. The lowest BCUT2D eigenvalue weighted by molar-refractivity contribution is -0.134. The number of hydrogen-bond acceptors (Lipinski definition) is 2. The number of likely N-dealkylation sites (tertiary alicyclic amines) is 1. The standard InChI is InChI=1S/C14H17FN2O2/c15-12-6-2-1-4-10(12)8-13(18)17-7-3-5-11(9-17)14(16)19/h1-2,4,6,11H,3,5,7-9H2,(H2,16,19)/t11-/m0/s1. The first-order chi connectivity index (χ1) is 9.08. The molecule has 0 saturated carbocycles. The Morgan fingerprint density at radius 1 is 1.37 bits per heavy atom. The van der Waals surface area contributed by atoms with Crippen LogP contribution in [0.25, 0.3) is 0 Å². The van der Waals surface area contributed by atoms with E-state index in [0.29, 0.717) is 18.7 Å². The Balaban J connectivity index is 2.00. The topological polar surface area (TPSA) is 63.4 Å². The minimum absolute atomic E-state index is 0.0259. The van der Waals surface area contributed by atoms with Crippen LogP contribution in [0.2, 0.25) is 0 Å². The second-order valence-electron chi connectivity index (χ2n) is 4.85. The molecule has 2 N–H and O–H groups in total. The average molecular weight is 264 g/mol. The molecule has 19 heavy (non-hydrogen) atoms. The van der Waals surface area contributed by atoms with Crippen molar-refractivity contribution in [3.63, 3.8) is 0 Å². The van der Waals surface area contributed by atoms with Crippen LogP contribution in [0.3, 0.4) is 0 Å². The van der Waals surface area contributed by atoms with Crippen molar-refractivity contribution >= 4 is 11.8 Å². The van der Waals surface area contributed by atoms with Crippen molar-refractivity contribution in [2.75, 3.05) is 13.1 Å². The molecule has 0 spiro atoms. The van der Waals surface area contributed by atoms with E-state index in [4.69, 9.17) is 5.73 Å². The third kappa shape index (κ3) is 3.30. The van der Waals surface area contributed by atoms with E-state index in [1.165, 1.54) is 6.07 Å². The Hall–Kier alpha value is -1.91. The van der Waals surface area contributed by atoms with Gasteiger partial charge in [-0.2, -0.15) is 0 Å². The van der Waals surface area contributed by atoms with Crippen LogP contribution in [0.5, 0.6) is 0 Å². The Labute approximate surface area is 111 Å². The maximum Gasteiger partial charge on any atom is 0.227 e. The number of hydrogen-bond donors (Lipinski definition) is 1. The summed E-state index contributed by atoms with van der Waals surface area (Å²) in [4.78, 5) is 24.9. The van der Waals surface area contributed by atoms with Gasteiger partial charge in [0.05, 0.1) is 12.3 Å². The molecule has 1 aliphatic rings. The Kier molecular flexibility index (Phi) is 4.14. The van der Waals surface area contributed by atoms with Gasteiger partial charge < -0.3 is 10.6 Å². The molecule has 1 aromatic carbocycles. The molecule has 1 fully saturated rings. The smallest absolute Gasteiger partial charge is 0.227 e. The normalized spacial score (nSPS) is 19.2. The molecule has 0 bridgehead atoms. The zero-order chi connectivity index (χ0) is 13.8. The highest BCUT2D eigenvalue weighted by Gasteiger charge is 2.27. The molecule has 0 radical (unpaired) electrons. The summed E-state index contributed by atoms with van der Waals surface area (Å²) in [6.45, 7) is 0.958. The first-order valence-electron chi connectivity index (χ1n) is 6.38. The van der Waals surface area contributed by atoms with Gasteiger partial charge in [-0.05, 0) is 24.5 Å². The molecule has 1 saturated heterocycles. The summed E-state index contributed by atoms with van der Waals surface area (Å²) in [5, 5.41) is 0. The highest BCUT2D eigenvalue weighted by atomic mass is 19.1. The number of carbonyl (C=O) groups excluding carboxylic acids is 2. The lowest BCUT2D eigenvalue weighted by atomic mass is 9.97. The molecular weight excluding hydrogens is 247 g/mol. The number of primary amides is 1. The van der Waals surface area contributed by atoms with Gasteiger partial charge in [-0.25, -0.2) is 4.39 Å². The number of rotatable bonds is 3. The summed E-state index contributed by atoms with van der Waals surface area (Å²) >= 11 is 0. The summed E-state index contributed by atoms with van der Waals surface area (Å²) in [6, 6.07) is 6.23. The van der Waals surface area contributed by atoms with E-state index in [-0.39, 0.29) is 30.0 Å². The second kappa shape index (κ2) is 5.82. The molecule has 0 unspecified atom stereocenters. The Morgan fingerprint density at radius 2 is 2.11 bits per heavy atom. The number of piperidine rings is 1. The number of benzene rings is 1. The van der Waals surface area contributed by atoms with Crippen LogP contribution >= 0.6 is 0 Å². The monoisotopic (exact) mass is 264 g/mol. The Morgan fingerprint density at radius 3 is 2.79 bits per heavy atom. The highest BCUT2D eigenvalue weighted by Crippen LogP contribution is 2.17. The molecule has 1 atom stereocenters. The van der Waals surface area contributed by atoms with E-state index in [0.717, 1.165) is 12.8 Å². The summed E-state index contributed by atoms with van der Waals surface area (Å²) in [5.74, 6) is -1.18. The second-order valence-corrected chi connectivity index (χ2v) is 4.85. The van der Waals surface area contributed by atoms with Gasteiger partial charge in [0, 0.05) is 13.1 Å². The highest BCUT2D eigenvalue weighted by molar-refractivity contribution is 5.81. The molecular formula is C14H17FN2O2. The fourth-order valence-electron chi connectivity index (χ4n) is 2.35. The van der Waals surface area contributed by atoms with Crippen LogP contribution in [-0.4, -0.2) is 29.8 Å². The SMILES string of the molecule is NC(=O)[C@H]1CCCN(C(=O)Cc2ccccc2F)C1. The van der Waals surface area contributed by atoms with E-state index < -0.39 is 0 Å². The van der Waals surface area contributed by atoms with Crippen molar-refractivity contribution < 1.29 is 14.0 Å². The quantitative estimate of drug-likeness (QED) is 0.888. The van der Waals surface area contributed by atoms with Gasteiger partial charge in [0.15, 0.2) is 0 Å². The molecule has 5 heteroatoms. The van der Waals surface area contributed by atoms with Gasteiger partial charge in [-0.15, -0.1) is 0 Å². The minimum atomic E-state index is -0.376. The van der Waals surface area contributed by atoms with Crippen LogP contribution in [0.15, 0.2) is 24.3 Å². The van der Waals surface area contributed by atoms with Crippen molar-refractivity contribution in [3.05, 3.63) is 35.6 Å². The van der Waals surface area contributed by atoms with Gasteiger partial charge >= 0.3 is 0 Å². The van der Waals surface area contributed by atoms with Crippen LogP contribution in [-0.2, 0) is 16.0 Å². The van der Waals surface area contributed by atoms with E-state index in [1.807, 2.05) is 0 Å². The summed E-state index contributed by atoms with van der Waals surface area (Å²) in [7, 11) is 0. The summed E-state index contributed by atoms with van der Waals surface area (Å²) in [5.41, 5.74) is 5.65. The van der Waals surface area contributed by atoms with Gasteiger partial charge in [0.2, 0.25) is 11.8 Å². The molecule has 1 aliphatic heterocycles. The molecule has 2 rings (SSSR count). The van der Waals surface area contributed by atoms with Crippen LogP contribution in [0.1, 0.15) is 18.4 Å². The molecule has 0 aromatic heterocycles. The summed E-state index contributed by atoms with van der Waals surface area (Å²) in [6.07, 6.45) is 1.51. The predicted octanol–water partition coefficient (Wildman–Crippen LogP) is 1.09. The van der Waals surface area contributed by atoms with Crippen LogP contribution < -0.4 is 5.73 Å². The van der Waals surface area contributed by atoms with E-state index >= 15 is 0 Å². The summed E-state index contributed by atoms with van der Waals surface area (Å²) < 4.78 is 13.5. The van der Waals surface area contributed by atoms with Gasteiger partial charge in [0.1, 0.15) is 5.82 Å². The van der Waals surface area contributed by atoms with Crippen molar-refractivity contribution in [2.24, 2.45) is 11.7 Å². The fourth-order valence-corrected chi connectivity index (χ4v) is 2.35. The molecule has 1 aromatic rings. The third-order valence-corrected chi connectivity index (χ3v) is 3.48. The van der Waals surface area contributed by atoms with Crippen molar-refractivity contribution in [1.29, 1.82) is 0 Å². The van der Waals surface area contributed by atoms with Crippen molar-refractivity contribution in [2.45, 2.75) is 19.3 Å². The molecule has 1 heterocycles. The van der Waals surface area contributed by atoms with E-state index in [1.54, 1.807) is 23.1 Å². The van der Waals surface area contributed by atoms with Crippen molar-refractivity contribution in [3.8, 4) is 0 Å². The number of carbonyl (C=O) groups is 2. The molecule has 0 aliphatic carbocycles. The molecule has 102 valence electrons. The third-order valence-electron chi connectivity index (χ3n) is 3.48. The lowest BCUT2D eigenvalue weighted by Crippen LogP contribution is -2.44. The maximum absolute atomic E-state index is 13.5. The Bertz CT molecular complexity index is 490. The number of amides is 2.